The molecule has 1 atom stereocenters. The molecule has 0 saturated carbocycles. The van der Waals surface area contributed by atoms with Gasteiger partial charge in [0.2, 0.25) is 11.7 Å². The van der Waals surface area contributed by atoms with Crippen molar-refractivity contribution in [3.05, 3.63) is 70.5 Å². The summed E-state index contributed by atoms with van der Waals surface area (Å²) < 4.78 is 4.77. The molecule has 0 spiro atoms. The molecule has 4 rings (SSSR count). The third-order valence-corrected chi connectivity index (χ3v) is 5.15. The summed E-state index contributed by atoms with van der Waals surface area (Å²) in [6.07, 6.45) is 1.73. The normalized spacial score (nSPS) is 18.9. The number of fused-ring (bicyclic) bond motifs is 1. The topological polar surface area (TPSA) is 116 Å². The van der Waals surface area contributed by atoms with Crippen LogP contribution >= 0.6 is 0 Å². The predicted octanol–water partition coefficient (Wildman–Crippen LogP) is 1.06. The number of oxazole rings is 1. The number of nitrogens with one attached hydrogen (secondary N) is 2. The van der Waals surface area contributed by atoms with Crippen LogP contribution in [0.3, 0.4) is 0 Å². The van der Waals surface area contributed by atoms with Crippen molar-refractivity contribution in [3.8, 4) is 0 Å². The number of hydrogen-bond acceptors (Lipinski definition) is 5. The second-order valence-corrected chi connectivity index (χ2v) is 7.38. The summed E-state index contributed by atoms with van der Waals surface area (Å²) >= 11 is 0. The molecule has 2 amide bonds. The Kier molecular flexibility index (Phi) is 4.94. The Hall–Kier alpha value is -3.39. The van der Waals surface area contributed by atoms with Gasteiger partial charge >= 0.3 is 5.76 Å². The van der Waals surface area contributed by atoms with Gasteiger partial charge in [0.25, 0.3) is 5.91 Å². The van der Waals surface area contributed by atoms with E-state index in [0.717, 1.165) is 16.3 Å². The first-order valence-electron chi connectivity index (χ1n) is 9.36. The number of nitrogens with zero attached hydrogens (tertiary/aromatic N) is 1. The fourth-order valence-electron chi connectivity index (χ4n) is 3.58. The van der Waals surface area contributed by atoms with E-state index in [4.69, 9.17) is 4.42 Å². The summed E-state index contributed by atoms with van der Waals surface area (Å²) in [4.78, 5) is 39.4. The summed E-state index contributed by atoms with van der Waals surface area (Å²) in [5.41, 5.74) is -0.329. The predicted molar refractivity (Wildman–Crippen MR) is 105 cm³/mol. The van der Waals surface area contributed by atoms with Gasteiger partial charge < -0.3 is 19.7 Å². The second-order valence-electron chi connectivity index (χ2n) is 7.38. The van der Waals surface area contributed by atoms with Crippen LogP contribution in [0, 0.1) is 0 Å². The number of likely N-dealkylation sites (tertiary alicyclic amines) is 1. The first-order chi connectivity index (χ1) is 13.9. The highest BCUT2D eigenvalue weighted by Crippen LogP contribution is 2.22. The largest absolute Gasteiger partial charge is 0.416 e. The average Bonchev–Trinajstić information content (AvgIpc) is 3.32. The average molecular weight is 395 g/mol. The van der Waals surface area contributed by atoms with E-state index in [1.165, 1.54) is 11.1 Å². The first-order valence-corrected chi connectivity index (χ1v) is 9.36. The Morgan fingerprint density at radius 1 is 1.21 bits per heavy atom. The van der Waals surface area contributed by atoms with E-state index in [9.17, 15) is 19.5 Å². The van der Waals surface area contributed by atoms with Gasteiger partial charge in [0.15, 0.2) is 0 Å². The third kappa shape index (κ3) is 4.22. The molecule has 1 aromatic heterocycles. The zero-order chi connectivity index (χ0) is 20.4. The lowest BCUT2D eigenvalue weighted by molar-refractivity contribution is -0.121. The van der Waals surface area contributed by atoms with Gasteiger partial charge in [-0.2, -0.15) is 0 Å². The van der Waals surface area contributed by atoms with E-state index in [2.05, 4.69) is 10.3 Å². The van der Waals surface area contributed by atoms with Crippen LogP contribution in [0.4, 0.5) is 0 Å². The van der Waals surface area contributed by atoms with E-state index >= 15 is 0 Å². The summed E-state index contributed by atoms with van der Waals surface area (Å²) in [7, 11) is 0. The van der Waals surface area contributed by atoms with Gasteiger partial charge in [-0.05, 0) is 22.8 Å². The van der Waals surface area contributed by atoms with E-state index in [0.29, 0.717) is 13.0 Å². The fourth-order valence-corrected chi connectivity index (χ4v) is 3.58. The number of carbonyl (C=O) groups excluding carboxylic acids is 2. The molecule has 8 heteroatoms. The molecular weight excluding hydrogens is 374 g/mol. The van der Waals surface area contributed by atoms with Crippen LogP contribution in [0.1, 0.15) is 22.5 Å². The minimum Gasteiger partial charge on any atom is -0.403 e. The Bertz CT molecular complexity index is 1120. The Morgan fingerprint density at radius 2 is 2.00 bits per heavy atom. The minimum atomic E-state index is -1.22. The molecule has 3 N–H and O–H groups in total. The smallest absolute Gasteiger partial charge is 0.403 e. The van der Waals surface area contributed by atoms with Crippen molar-refractivity contribution in [2.45, 2.75) is 18.4 Å². The van der Waals surface area contributed by atoms with Crippen molar-refractivity contribution in [1.82, 2.24) is 15.2 Å². The van der Waals surface area contributed by atoms with Crippen molar-refractivity contribution in [2.24, 2.45) is 0 Å². The SMILES string of the molecule is O=C(Cc1ccc2ccccc2c1)NCC1(O)CCN(C(=O)c2c[nH]c(=O)o2)C1. The van der Waals surface area contributed by atoms with Crippen molar-refractivity contribution in [2.75, 3.05) is 19.6 Å². The molecule has 3 aromatic rings. The quantitative estimate of drug-likeness (QED) is 0.597. The van der Waals surface area contributed by atoms with Gasteiger partial charge in [0.05, 0.1) is 19.2 Å². The number of rotatable bonds is 5. The highest BCUT2D eigenvalue weighted by atomic mass is 16.4. The molecule has 0 bridgehead atoms. The Balaban J connectivity index is 1.32. The van der Waals surface area contributed by atoms with E-state index in [-0.39, 0.29) is 31.2 Å². The van der Waals surface area contributed by atoms with Gasteiger partial charge in [-0.3, -0.25) is 14.6 Å². The molecule has 8 nitrogen and oxygen atoms in total. The molecule has 1 fully saturated rings. The molecule has 2 aromatic carbocycles. The van der Waals surface area contributed by atoms with Gasteiger partial charge in [-0.25, -0.2) is 4.79 Å². The monoisotopic (exact) mass is 395 g/mol. The van der Waals surface area contributed by atoms with Crippen LogP contribution in [0.5, 0.6) is 0 Å². The highest BCUT2D eigenvalue weighted by Gasteiger charge is 2.39. The number of carbonyl (C=O) groups is 2. The van der Waals surface area contributed by atoms with Crippen LogP contribution in [-0.4, -0.2) is 52.0 Å². The van der Waals surface area contributed by atoms with Crippen molar-refractivity contribution < 1.29 is 19.1 Å². The number of aromatic amines is 1. The zero-order valence-electron chi connectivity index (χ0n) is 15.7. The van der Waals surface area contributed by atoms with Gasteiger partial charge in [0, 0.05) is 13.1 Å². The second kappa shape index (κ2) is 7.56. The molecule has 1 aliphatic heterocycles. The number of aromatic nitrogens is 1. The lowest BCUT2D eigenvalue weighted by atomic mass is 10.0. The molecule has 1 saturated heterocycles. The highest BCUT2D eigenvalue weighted by molar-refractivity contribution is 5.91. The summed E-state index contributed by atoms with van der Waals surface area (Å²) in [6, 6.07) is 13.8. The van der Waals surface area contributed by atoms with E-state index in [1.54, 1.807) is 0 Å². The molecule has 150 valence electrons. The van der Waals surface area contributed by atoms with Gasteiger partial charge in [-0.15, -0.1) is 0 Å². The van der Waals surface area contributed by atoms with Gasteiger partial charge in [0.1, 0.15) is 5.60 Å². The number of H-pyrrole nitrogens is 1. The molecule has 0 radical (unpaired) electrons. The Morgan fingerprint density at radius 3 is 2.76 bits per heavy atom. The van der Waals surface area contributed by atoms with E-state index in [1.807, 2.05) is 42.5 Å². The van der Waals surface area contributed by atoms with Crippen LogP contribution in [-0.2, 0) is 11.2 Å². The number of benzene rings is 2. The molecule has 1 unspecified atom stereocenters. The van der Waals surface area contributed by atoms with Crippen molar-refractivity contribution in [1.29, 1.82) is 0 Å². The summed E-state index contributed by atoms with van der Waals surface area (Å²) in [5, 5.41) is 15.6. The van der Waals surface area contributed by atoms with Crippen molar-refractivity contribution in [3.63, 3.8) is 0 Å². The summed E-state index contributed by atoms with van der Waals surface area (Å²) in [5.74, 6) is -1.47. The van der Waals surface area contributed by atoms with Crippen LogP contribution in [0.2, 0.25) is 0 Å². The molecule has 29 heavy (non-hydrogen) atoms. The maximum absolute atomic E-state index is 12.3. The molecular formula is C21H21N3O5. The molecule has 0 aliphatic carbocycles. The van der Waals surface area contributed by atoms with Crippen LogP contribution in [0.15, 0.2) is 57.9 Å². The number of hydrogen-bond donors (Lipinski definition) is 3. The third-order valence-electron chi connectivity index (χ3n) is 5.15. The lowest BCUT2D eigenvalue weighted by Crippen LogP contribution is -2.46. The van der Waals surface area contributed by atoms with Crippen molar-refractivity contribution >= 4 is 22.6 Å². The van der Waals surface area contributed by atoms with Crippen LogP contribution in [0.25, 0.3) is 10.8 Å². The molecule has 2 heterocycles. The zero-order valence-corrected chi connectivity index (χ0v) is 15.7. The van der Waals surface area contributed by atoms with Crippen LogP contribution < -0.4 is 11.1 Å². The van der Waals surface area contributed by atoms with E-state index < -0.39 is 17.3 Å². The fraction of sp³-hybridized carbons (Fsp3) is 0.286. The minimum absolute atomic E-state index is 0.0419. The summed E-state index contributed by atoms with van der Waals surface area (Å²) in [6.45, 7) is 0.405. The molecule has 1 aliphatic rings. The lowest BCUT2D eigenvalue weighted by Gasteiger charge is -2.23. The first kappa shape index (κ1) is 18.9. The Labute approximate surface area is 166 Å². The maximum atomic E-state index is 12.3. The number of aliphatic hydroxyl groups is 1. The maximum Gasteiger partial charge on any atom is 0.416 e. The standard InChI is InChI=1S/C21H21N3O5/c25-18(10-14-5-6-15-3-1-2-4-16(15)9-14)23-12-21(28)7-8-24(13-21)19(26)17-11-22-20(27)29-17/h1-6,9,11,28H,7-8,10,12-13H2,(H,22,27)(H,23,25). The number of amides is 2. The number of β-amino-alcohol motifs (C(OH)–C–C–N with tert-alkyl or cyclic N) is 1. The van der Waals surface area contributed by atoms with Gasteiger partial charge in [-0.1, -0.05) is 42.5 Å².